The molecule has 0 aromatic rings. The molecule has 0 spiro atoms. The van der Waals surface area contributed by atoms with Crippen molar-refractivity contribution in [1.29, 1.82) is 0 Å². The van der Waals surface area contributed by atoms with Gasteiger partial charge in [0.15, 0.2) is 0 Å². The number of carboxylic acid groups (broad SMARTS) is 1. The van der Waals surface area contributed by atoms with Crippen LogP contribution in [0.5, 0.6) is 0 Å². The van der Waals surface area contributed by atoms with E-state index in [9.17, 15) is 9.59 Å². The van der Waals surface area contributed by atoms with Crippen molar-refractivity contribution >= 4 is 23.8 Å². The summed E-state index contributed by atoms with van der Waals surface area (Å²) in [6.45, 7) is 5.22. The van der Waals surface area contributed by atoms with Crippen LogP contribution in [0.25, 0.3) is 0 Å². The molecular weight excluding hydrogens is 240 g/mol. The summed E-state index contributed by atoms with van der Waals surface area (Å²) in [5.74, 6) is -0.201. The van der Waals surface area contributed by atoms with Gasteiger partial charge in [-0.25, -0.2) is 9.59 Å². The van der Waals surface area contributed by atoms with E-state index in [0.29, 0.717) is 6.42 Å². The lowest BCUT2D eigenvalue weighted by atomic mass is 10.00. The van der Waals surface area contributed by atoms with Crippen LogP contribution in [0.3, 0.4) is 0 Å². The molecule has 0 aliphatic heterocycles. The van der Waals surface area contributed by atoms with Crippen LogP contribution in [0, 0.1) is 0 Å². The number of hydrogen-bond acceptors (Lipinski definition) is 3. The number of rotatable bonds is 7. The van der Waals surface area contributed by atoms with E-state index < -0.39 is 17.5 Å². The van der Waals surface area contributed by atoms with Crippen molar-refractivity contribution in [3.8, 4) is 0 Å². The third-order valence-electron chi connectivity index (χ3n) is 2.76. The van der Waals surface area contributed by atoms with Gasteiger partial charge in [-0.3, -0.25) is 0 Å². The summed E-state index contributed by atoms with van der Waals surface area (Å²) < 4.78 is 0. The maximum Gasteiger partial charge on any atom is 0.329 e. The fourth-order valence-corrected chi connectivity index (χ4v) is 1.95. The topological polar surface area (TPSA) is 78.4 Å². The number of carbonyl (C=O) groups is 2. The van der Waals surface area contributed by atoms with E-state index in [1.54, 1.807) is 18.7 Å². The lowest BCUT2D eigenvalue weighted by Crippen LogP contribution is -2.56. The second kappa shape index (κ2) is 7.42. The van der Waals surface area contributed by atoms with Gasteiger partial charge >= 0.3 is 12.0 Å². The Labute approximate surface area is 107 Å². The van der Waals surface area contributed by atoms with Gasteiger partial charge in [-0.05, 0) is 26.0 Å². The number of carbonyl (C=O) groups excluding carboxylic acids is 1. The predicted octanol–water partition coefficient (Wildman–Crippen LogP) is 1.68. The molecule has 3 N–H and O–H groups in total. The Kier molecular flexibility index (Phi) is 7.03. The molecule has 2 unspecified atom stereocenters. The van der Waals surface area contributed by atoms with Crippen molar-refractivity contribution in [3.05, 3.63) is 0 Å². The summed E-state index contributed by atoms with van der Waals surface area (Å²) in [4.78, 5) is 22.7. The van der Waals surface area contributed by atoms with Crippen molar-refractivity contribution in [2.75, 3.05) is 12.0 Å². The van der Waals surface area contributed by atoms with Crippen LogP contribution in [-0.2, 0) is 4.79 Å². The van der Waals surface area contributed by atoms with Gasteiger partial charge in [-0.15, -0.1) is 0 Å². The average molecular weight is 262 g/mol. The van der Waals surface area contributed by atoms with Crippen LogP contribution in [0.1, 0.15) is 33.6 Å². The Morgan fingerprint density at radius 2 is 2.00 bits per heavy atom. The van der Waals surface area contributed by atoms with Gasteiger partial charge in [0.2, 0.25) is 0 Å². The molecule has 0 saturated carbocycles. The summed E-state index contributed by atoms with van der Waals surface area (Å²) in [6, 6.07) is -0.349. The molecule has 0 aromatic heterocycles. The van der Waals surface area contributed by atoms with Crippen molar-refractivity contribution < 1.29 is 14.7 Å². The molecule has 0 saturated heterocycles. The van der Waals surface area contributed by atoms with Gasteiger partial charge in [0, 0.05) is 11.8 Å². The normalized spacial score (nSPS) is 15.8. The molecular formula is C11H22N2O3S. The summed E-state index contributed by atoms with van der Waals surface area (Å²) in [7, 11) is 0. The first kappa shape index (κ1) is 16.1. The Bertz CT molecular complexity index is 273. The van der Waals surface area contributed by atoms with Crippen LogP contribution < -0.4 is 10.6 Å². The molecule has 5 nitrogen and oxygen atoms in total. The molecule has 6 heteroatoms. The van der Waals surface area contributed by atoms with Crippen molar-refractivity contribution in [3.63, 3.8) is 0 Å². The van der Waals surface area contributed by atoms with Crippen LogP contribution >= 0.6 is 11.8 Å². The first-order valence-electron chi connectivity index (χ1n) is 5.70. The van der Waals surface area contributed by atoms with Crippen LogP contribution in [-0.4, -0.2) is 40.7 Å². The van der Waals surface area contributed by atoms with Crippen LogP contribution in [0.4, 0.5) is 4.79 Å². The highest BCUT2D eigenvalue weighted by Gasteiger charge is 2.33. The van der Waals surface area contributed by atoms with Crippen molar-refractivity contribution in [1.82, 2.24) is 10.6 Å². The number of carboxylic acids is 1. The zero-order valence-electron chi connectivity index (χ0n) is 10.9. The highest BCUT2D eigenvalue weighted by Crippen LogP contribution is 2.09. The Morgan fingerprint density at radius 3 is 2.35 bits per heavy atom. The van der Waals surface area contributed by atoms with Crippen LogP contribution in [0.2, 0.25) is 0 Å². The molecule has 2 atom stereocenters. The average Bonchev–Trinajstić information content (AvgIpc) is 2.27. The lowest BCUT2D eigenvalue weighted by molar-refractivity contribution is -0.143. The highest BCUT2D eigenvalue weighted by atomic mass is 32.2. The van der Waals surface area contributed by atoms with Gasteiger partial charge < -0.3 is 15.7 Å². The van der Waals surface area contributed by atoms with E-state index in [0.717, 1.165) is 12.2 Å². The van der Waals surface area contributed by atoms with E-state index in [1.165, 1.54) is 6.92 Å². The van der Waals surface area contributed by atoms with Gasteiger partial charge in [0.05, 0.1) is 0 Å². The van der Waals surface area contributed by atoms with Gasteiger partial charge in [-0.1, -0.05) is 13.8 Å². The van der Waals surface area contributed by atoms with Crippen LogP contribution in [0.15, 0.2) is 0 Å². The van der Waals surface area contributed by atoms with E-state index in [-0.39, 0.29) is 6.04 Å². The SMILES string of the molecule is CCC(CSC)NC(=O)NC(C)(CC)C(=O)O. The largest absolute Gasteiger partial charge is 0.480 e. The fraction of sp³-hybridized carbons (Fsp3) is 0.818. The summed E-state index contributed by atoms with van der Waals surface area (Å²) >= 11 is 1.65. The molecule has 0 aliphatic rings. The number of aliphatic carboxylic acids is 1. The molecule has 0 radical (unpaired) electrons. The number of amides is 2. The maximum absolute atomic E-state index is 11.7. The molecule has 0 aliphatic carbocycles. The summed E-state index contributed by atoms with van der Waals surface area (Å²) in [5.41, 5.74) is -1.21. The maximum atomic E-state index is 11.7. The molecule has 0 aromatic carbocycles. The minimum absolute atomic E-state index is 0.0694. The molecule has 2 amide bonds. The Hall–Kier alpha value is -0.910. The second-order valence-electron chi connectivity index (χ2n) is 4.15. The number of urea groups is 1. The quantitative estimate of drug-likeness (QED) is 0.652. The Balaban J connectivity index is 4.38. The molecule has 0 rings (SSSR count). The van der Waals surface area contributed by atoms with Gasteiger partial charge in [0.1, 0.15) is 5.54 Å². The molecule has 17 heavy (non-hydrogen) atoms. The van der Waals surface area contributed by atoms with Gasteiger partial charge in [0.25, 0.3) is 0 Å². The summed E-state index contributed by atoms with van der Waals surface area (Å²) in [6.07, 6.45) is 3.13. The zero-order chi connectivity index (χ0) is 13.5. The molecule has 0 bridgehead atoms. The third-order valence-corrected chi connectivity index (χ3v) is 3.50. The van der Waals surface area contributed by atoms with E-state index in [2.05, 4.69) is 10.6 Å². The zero-order valence-corrected chi connectivity index (χ0v) is 11.7. The standard InChI is InChI=1S/C11H22N2O3S/c1-5-8(7-17-4)12-10(16)13-11(3,6-2)9(14)15/h8H,5-7H2,1-4H3,(H,14,15)(H2,12,13,16). The second-order valence-corrected chi connectivity index (χ2v) is 5.06. The monoisotopic (exact) mass is 262 g/mol. The van der Waals surface area contributed by atoms with E-state index in [4.69, 9.17) is 5.11 Å². The first-order chi connectivity index (χ1) is 7.89. The van der Waals surface area contributed by atoms with Crippen molar-refractivity contribution in [2.45, 2.75) is 45.2 Å². The molecule has 100 valence electrons. The molecule has 0 fully saturated rings. The molecule has 0 heterocycles. The third kappa shape index (κ3) is 5.30. The Morgan fingerprint density at radius 1 is 1.41 bits per heavy atom. The number of hydrogen-bond donors (Lipinski definition) is 3. The van der Waals surface area contributed by atoms with Gasteiger partial charge in [-0.2, -0.15) is 11.8 Å². The fourth-order valence-electron chi connectivity index (χ4n) is 1.23. The minimum Gasteiger partial charge on any atom is -0.480 e. The smallest absolute Gasteiger partial charge is 0.329 e. The minimum atomic E-state index is -1.21. The predicted molar refractivity (Wildman–Crippen MR) is 70.5 cm³/mol. The summed E-state index contributed by atoms with van der Waals surface area (Å²) in [5, 5.41) is 14.3. The van der Waals surface area contributed by atoms with Crippen molar-refractivity contribution in [2.24, 2.45) is 0 Å². The number of nitrogens with one attached hydrogen (secondary N) is 2. The number of thioether (sulfide) groups is 1. The van der Waals surface area contributed by atoms with E-state index >= 15 is 0 Å². The first-order valence-corrected chi connectivity index (χ1v) is 7.10. The highest BCUT2D eigenvalue weighted by molar-refractivity contribution is 7.98. The van der Waals surface area contributed by atoms with E-state index in [1.807, 2.05) is 13.2 Å². The lowest BCUT2D eigenvalue weighted by Gasteiger charge is -2.26.